The van der Waals surface area contributed by atoms with Crippen LogP contribution in [0, 0.1) is 6.92 Å². The van der Waals surface area contributed by atoms with Gasteiger partial charge in [-0.15, -0.1) is 0 Å². The average Bonchev–Trinajstić information content (AvgIpc) is 2.77. The molecule has 0 bridgehead atoms. The predicted molar refractivity (Wildman–Crippen MR) is 81.9 cm³/mol. The van der Waals surface area contributed by atoms with Crippen molar-refractivity contribution in [1.29, 1.82) is 0 Å². The summed E-state index contributed by atoms with van der Waals surface area (Å²) in [6.07, 6.45) is 1.74. The molecule has 114 valence electrons. The molecule has 0 amide bonds. The predicted octanol–water partition coefficient (Wildman–Crippen LogP) is 2.21. The number of likely N-dealkylation sites (tertiary alicyclic amines) is 1. The van der Waals surface area contributed by atoms with Crippen LogP contribution in [-0.4, -0.2) is 55.3 Å². The van der Waals surface area contributed by atoms with Crippen LogP contribution >= 0.6 is 22.9 Å². The summed E-state index contributed by atoms with van der Waals surface area (Å²) in [5.41, 5.74) is 0.484. The van der Waals surface area contributed by atoms with Gasteiger partial charge in [-0.3, -0.25) is 0 Å². The highest BCUT2D eigenvalue weighted by atomic mass is 35.5. The molecule has 5 nitrogen and oxygen atoms in total. The SMILES string of the molecule is CCN1CCC(N(C)S(=O)(=O)c2sc(Cl)nc2C)CC1. The van der Waals surface area contributed by atoms with E-state index in [1.54, 1.807) is 14.0 Å². The minimum absolute atomic E-state index is 0.0584. The topological polar surface area (TPSA) is 53.5 Å². The fraction of sp³-hybridized carbons (Fsp3) is 0.750. The lowest BCUT2D eigenvalue weighted by Crippen LogP contribution is -2.45. The van der Waals surface area contributed by atoms with Gasteiger partial charge in [-0.2, -0.15) is 4.31 Å². The maximum atomic E-state index is 12.6. The number of aromatic nitrogens is 1. The Morgan fingerprint density at radius 2 is 2.05 bits per heavy atom. The molecule has 0 unspecified atom stereocenters. The lowest BCUT2D eigenvalue weighted by atomic mass is 10.1. The van der Waals surface area contributed by atoms with Crippen LogP contribution in [0.15, 0.2) is 4.21 Å². The Balaban J connectivity index is 2.16. The van der Waals surface area contributed by atoms with E-state index >= 15 is 0 Å². The Labute approximate surface area is 129 Å². The maximum Gasteiger partial charge on any atom is 0.254 e. The fourth-order valence-corrected chi connectivity index (χ4v) is 5.84. The zero-order chi connectivity index (χ0) is 14.9. The lowest BCUT2D eigenvalue weighted by Gasteiger charge is -2.35. The van der Waals surface area contributed by atoms with Crippen LogP contribution in [0.5, 0.6) is 0 Å². The third kappa shape index (κ3) is 3.17. The number of thiazole rings is 1. The van der Waals surface area contributed by atoms with Crippen molar-refractivity contribution >= 4 is 33.0 Å². The van der Waals surface area contributed by atoms with Crippen LogP contribution in [0.4, 0.5) is 0 Å². The normalized spacial score (nSPS) is 18.9. The molecule has 8 heteroatoms. The summed E-state index contributed by atoms with van der Waals surface area (Å²) >= 11 is 6.85. The molecule has 1 saturated heterocycles. The zero-order valence-electron chi connectivity index (χ0n) is 12.0. The summed E-state index contributed by atoms with van der Waals surface area (Å²) in [7, 11) is -1.82. The Morgan fingerprint density at radius 1 is 1.45 bits per heavy atom. The van der Waals surface area contributed by atoms with Crippen LogP contribution in [0.2, 0.25) is 4.47 Å². The standard InChI is InChI=1S/C12H20ClN3O2S2/c1-4-16-7-5-10(6-8-16)15(3)20(17,18)11-9(2)14-12(13)19-11/h10H,4-8H2,1-3H3. The van der Waals surface area contributed by atoms with E-state index in [0.29, 0.717) is 5.69 Å². The zero-order valence-corrected chi connectivity index (χ0v) is 14.4. The van der Waals surface area contributed by atoms with Gasteiger partial charge in [0.15, 0.2) is 8.68 Å². The van der Waals surface area contributed by atoms with Gasteiger partial charge in [-0.25, -0.2) is 13.4 Å². The number of hydrogen-bond acceptors (Lipinski definition) is 5. The van der Waals surface area contributed by atoms with Gasteiger partial charge in [-0.05, 0) is 39.4 Å². The highest BCUT2D eigenvalue weighted by Crippen LogP contribution is 2.31. The van der Waals surface area contributed by atoms with E-state index in [1.807, 2.05) is 0 Å². The largest absolute Gasteiger partial charge is 0.303 e. The summed E-state index contributed by atoms with van der Waals surface area (Å²) in [6.45, 7) is 6.73. The molecule has 0 spiro atoms. The Hall–Kier alpha value is -0.210. The number of halogens is 1. The van der Waals surface area contributed by atoms with E-state index < -0.39 is 10.0 Å². The van der Waals surface area contributed by atoms with Crippen molar-refractivity contribution in [3.8, 4) is 0 Å². The second kappa shape index (κ2) is 6.27. The Morgan fingerprint density at radius 3 is 2.50 bits per heavy atom. The van der Waals surface area contributed by atoms with Crippen molar-refractivity contribution in [3.05, 3.63) is 10.2 Å². The quantitative estimate of drug-likeness (QED) is 0.845. The number of hydrogen-bond donors (Lipinski definition) is 0. The summed E-state index contributed by atoms with van der Waals surface area (Å²) in [6, 6.07) is 0.0584. The number of sulfonamides is 1. The van der Waals surface area contributed by atoms with Crippen molar-refractivity contribution in [3.63, 3.8) is 0 Å². The molecular formula is C12H20ClN3O2S2. The van der Waals surface area contributed by atoms with Crippen LogP contribution in [0.3, 0.4) is 0 Å². The minimum atomic E-state index is -3.49. The second-order valence-corrected chi connectivity index (χ2v) is 8.80. The van der Waals surface area contributed by atoms with Crippen molar-refractivity contribution in [2.75, 3.05) is 26.7 Å². The van der Waals surface area contributed by atoms with Gasteiger partial charge in [0.25, 0.3) is 10.0 Å². The van der Waals surface area contributed by atoms with E-state index in [1.165, 1.54) is 4.31 Å². The van der Waals surface area contributed by atoms with Crippen LogP contribution in [0.25, 0.3) is 0 Å². The smallest absolute Gasteiger partial charge is 0.254 e. The number of aryl methyl sites for hydroxylation is 1. The first-order valence-corrected chi connectivity index (χ1v) is 9.33. The summed E-state index contributed by atoms with van der Waals surface area (Å²) < 4.78 is 27.3. The van der Waals surface area contributed by atoms with E-state index in [4.69, 9.17) is 11.6 Å². The van der Waals surface area contributed by atoms with Crippen LogP contribution in [0.1, 0.15) is 25.5 Å². The molecule has 1 aromatic rings. The molecule has 0 atom stereocenters. The van der Waals surface area contributed by atoms with Gasteiger partial charge in [0.05, 0.1) is 5.69 Å². The van der Waals surface area contributed by atoms with Gasteiger partial charge < -0.3 is 4.90 Å². The third-order valence-electron chi connectivity index (χ3n) is 3.86. The summed E-state index contributed by atoms with van der Waals surface area (Å²) in [5.74, 6) is 0. The molecule has 0 N–H and O–H groups in total. The highest BCUT2D eigenvalue weighted by Gasteiger charge is 2.33. The summed E-state index contributed by atoms with van der Waals surface area (Å²) in [5, 5.41) is 0. The van der Waals surface area contributed by atoms with Gasteiger partial charge in [0, 0.05) is 13.1 Å². The molecule has 0 aliphatic carbocycles. The molecule has 0 saturated carbocycles. The lowest BCUT2D eigenvalue weighted by molar-refractivity contribution is 0.176. The molecule has 0 radical (unpaired) electrons. The van der Waals surface area contributed by atoms with Crippen molar-refractivity contribution in [1.82, 2.24) is 14.2 Å². The van der Waals surface area contributed by atoms with E-state index in [9.17, 15) is 8.42 Å². The van der Waals surface area contributed by atoms with Gasteiger partial charge >= 0.3 is 0 Å². The Kier molecular flexibility index (Phi) is 5.07. The van der Waals surface area contributed by atoms with Gasteiger partial charge in [0.2, 0.25) is 0 Å². The van der Waals surface area contributed by atoms with Crippen LogP contribution in [-0.2, 0) is 10.0 Å². The fourth-order valence-electron chi connectivity index (χ4n) is 2.52. The minimum Gasteiger partial charge on any atom is -0.303 e. The first-order valence-electron chi connectivity index (χ1n) is 6.69. The van der Waals surface area contributed by atoms with Crippen molar-refractivity contribution < 1.29 is 8.42 Å². The molecule has 0 aromatic carbocycles. The molecule has 1 aliphatic heterocycles. The molecule has 1 fully saturated rings. The van der Waals surface area contributed by atoms with Crippen LogP contribution < -0.4 is 0 Å². The number of nitrogens with zero attached hydrogens (tertiary/aromatic N) is 3. The Bertz CT molecular complexity index is 565. The number of piperidine rings is 1. The molecular weight excluding hydrogens is 318 g/mol. The van der Waals surface area contributed by atoms with Gasteiger partial charge in [-0.1, -0.05) is 29.9 Å². The molecule has 20 heavy (non-hydrogen) atoms. The monoisotopic (exact) mass is 337 g/mol. The molecule has 1 aliphatic rings. The first kappa shape index (κ1) is 16.2. The molecule has 2 rings (SSSR count). The van der Waals surface area contributed by atoms with E-state index in [-0.39, 0.29) is 14.7 Å². The van der Waals surface area contributed by atoms with E-state index in [0.717, 1.165) is 43.8 Å². The van der Waals surface area contributed by atoms with Gasteiger partial charge in [0.1, 0.15) is 0 Å². The third-order valence-corrected chi connectivity index (χ3v) is 7.62. The average molecular weight is 338 g/mol. The number of rotatable bonds is 4. The van der Waals surface area contributed by atoms with Crippen molar-refractivity contribution in [2.45, 2.75) is 36.9 Å². The second-order valence-electron chi connectivity index (χ2n) is 5.03. The van der Waals surface area contributed by atoms with Crippen molar-refractivity contribution in [2.24, 2.45) is 0 Å². The molecule has 2 heterocycles. The van der Waals surface area contributed by atoms with E-state index in [2.05, 4.69) is 16.8 Å². The summed E-state index contributed by atoms with van der Waals surface area (Å²) in [4.78, 5) is 6.34. The highest BCUT2D eigenvalue weighted by molar-refractivity contribution is 7.91. The first-order chi connectivity index (χ1) is 9.36. The molecule has 1 aromatic heterocycles. The maximum absolute atomic E-state index is 12.6.